The minimum Gasteiger partial charge on any atom is -0.372 e. The molecule has 5 rings (SSSR count). The van der Waals surface area contributed by atoms with Gasteiger partial charge in [-0.25, -0.2) is 10.9 Å². The summed E-state index contributed by atoms with van der Waals surface area (Å²) in [6.07, 6.45) is 7.29. The van der Waals surface area contributed by atoms with Crippen LogP contribution in [-0.2, 0) is 4.79 Å². The Morgan fingerprint density at radius 1 is 0.857 bits per heavy atom. The number of rotatable bonds is 8. The molecule has 2 aromatic rings. The summed E-state index contributed by atoms with van der Waals surface area (Å²) in [5.41, 5.74) is 11.3. The Morgan fingerprint density at radius 3 is 2.14 bits per heavy atom. The van der Waals surface area contributed by atoms with Crippen LogP contribution in [-0.4, -0.2) is 49.4 Å². The zero-order valence-corrected chi connectivity index (χ0v) is 20.5. The third-order valence-corrected chi connectivity index (χ3v) is 7.56. The average Bonchev–Trinajstić information content (AvgIpc) is 3.57. The maximum Gasteiger partial charge on any atom is 0.251 e. The molecule has 186 valence electrons. The summed E-state index contributed by atoms with van der Waals surface area (Å²) in [6, 6.07) is 17.4. The van der Waals surface area contributed by atoms with Gasteiger partial charge in [-0.3, -0.25) is 9.59 Å². The Labute approximate surface area is 208 Å². The predicted octanol–water partition coefficient (Wildman–Crippen LogP) is 3.70. The van der Waals surface area contributed by atoms with E-state index in [1.54, 1.807) is 0 Å². The number of carbonyl (C=O) groups excluding carboxylic acids is 2. The number of anilines is 1. The molecule has 3 aliphatic heterocycles. The van der Waals surface area contributed by atoms with Gasteiger partial charge in [0.1, 0.15) is 0 Å². The maximum atomic E-state index is 12.5. The highest BCUT2D eigenvalue weighted by atomic mass is 16.2. The lowest BCUT2D eigenvalue weighted by atomic mass is 9.96. The van der Waals surface area contributed by atoms with Crippen LogP contribution in [0.3, 0.4) is 0 Å². The fourth-order valence-corrected chi connectivity index (χ4v) is 5.44. The van der Waals surface area contributed by atoms with Crippen molar-refractivity contribution in [2.24, 2.45) is 0 Å². The van der Waals surface area contributed by atoms with Gasteiger partial charge in [0.15, 0.2) is 0 Å². The van der Waals surface area contributed by atoms with Crippen LogP contribution < -0.4 is 21.1 Å². The summed E-state index contributed by atoms with van der Waals surface area (Å²) >= 11 is 0. The van der Waals surface area contributed by atoms with Crippen molar-refractivity contribution >= 4 is 17.5 Å². The summed E-state index contributed by atoms with van der Waals surface area (Å²) in [5, 5.41) is 2.98. The summed E-state index contributed by atoms with van der Waals surface area (Å²) < 4.78 is 0. The van der Waals surface area contributed by atoms with Gasteiger partial charge in [0.25, 0.3) is 5.91 Å². The molecule has 0 aromatic heterocycles. The van der Waals surface area contributed by atoms with E-state index in [-0.39, 0.29) is 23.9 Å². The van der Waals surface area contributed by atoms with E-state index in [1.165, 1.54) is 36.1 Å². The van der Waals surface area contributed by atoms with Crippen LogP contribution in [0.25, 0.3) is 0 Å². The van der Waals surface area contributed by atoms with Crippen molar-refractivity contribution in [3.05, 3.63) is 65.2 Å². The van der Waals surface area contributed by atoms with Crippen molar-refractivity contribution in [2.45, 2.75) is 57.0 Å². The number of carbonyl (C=O) groups is 2. The largest absolute Gasteiger partial charge is 0.372 e. The van der Waals surface area contributed by atoms with Gasteiger partial charge in [0.2, 0.25) is 5.91 Å². The minimum atomic E-state index is -0.0616. The smallest absolute Gasteiger partial charge is 0.251 e. The Hall–Kier alpha value is -2.90. The van der Waals surface area contributed by atoms with E-state index in [2.05, 4.69) is 45.3 Å². The molecule has 0 spiro atoms. The molecule has 0 radical (unpaired) electrons. The lowest BCUT2D eigenvalue weighted by molar-refractivity contribution is -0.127. The van der Waals surface area contributed by atoms with Crippen LogP contribution in [0.15, 0.2) is 48.5 Å². The molecule has 35 heavy (non-hydrogen) atoms. The third-order valence-electron chi connectivity index (χ3n) is 7.56. The summed E-state index contributed by atoms with van der Waals surface area (Å²) in [4.78, 5) is 28.5. The van der Waals surface area contributed by atoms with Crippen molar-refractivity contribution in [2.75, 3.05) is 37.6 Å². The molecule has 3 fully saturated rings. The van der Waals surface area contributed by atoms with E-state index in [0.717, 1.165) is 45.4 Å². The van der Waals surface area contributed by atoms with Crippen molar-refractivity contribution in [1.82, 2.24) is 21.1 Å². The number of hydrogen-bond acceptors (Lipinski definition) is 5. The molecule has 2 unspecified atom stereocenters. The number of likely N-dealkylation sites (tertiary alicyclic amines) is 1. The predicted molar refractivity (Wildman–Crippen MR) is 138 cm³/mol. The second kappa shape index (κ2) is 11.2. The van der Waals surface area contributed by atoms with Gasteiger partial charge in [-0.2, -0.15) is 0 Å². The van der Waals surface area contributed by atoms with E-state index < -0.39 is 0 Å². The van der Waals surface area contributed by atoms with Gasteiger partial charge in [-0.05, 0) is 73.9 Å². The van der Waals surface area contributed by atoms with Crippen LogP contribution in [0.2, 0.25) is 0 Å². The molecule has 2 amide bonds. The first-order chi connectivity index (χ1) is 17.2. The van der Waals surface area contributed by atoms with Gasteiger partial charge < -0.3 is 15.1 Å². The molecule has 0 aliphatic carbocycles. The topological polar surface area (TPSA) is 76.7 Å². The van der Waals surface area contributed by atoms with Crippen LogP contribution in [0.4, 0.5) is 5.69 Å². The van der Waals surface area contributed by atoms with Crippen molar-refractivity contribution in [3.8, 4) is 0 Å². The fourth-order valence-electron chi connectivity index (χ4n) is 5.44. The van der Waals surface area contributed by atoms with Crippen molar-refractivity contribution in [3.63, 3.8) is 0 Å². The van der Waals surface area contributed by atoms with E-state index in [4.69, 9.17) is 0 Å². The monoisotopic (exact) mass is 475 g/mol. The third kappa shape index (κ3) is 5.85. The van der Waals surface area contributed by atoms with Gasteiger partial charge in [0.05, 0.1) is 0 Å². The first-order valence-electron chi connectivity index (χ1n) is 13.2. The fraction of sp³-hybridized carbons (Fsp3) is 0.500. The molecule has 3 saturated heterocycles. The Balaban J connectivity index is 1.09. The number of piperidine rings is 1. The van der Waals surface area contributed by atoms with E-state index in [9.17, 15) is 9.59 Å². The lowest BCUT2D eigenvalue weighted by Gasteiger charge is -2.29. The second-order valence-corrected chi connectivity index (χ2v) is 9.98. The summed E-state index contributed by atoms with van der Waals surface area (Å²) in [7, 11) is 0. The highest BCUT2D eigenvalue weighted by molar-refractivity contribution is 5.94. The number of hydrazine groups is 1. The van der Waals surface area contributed by atoms with Gasteiger partial charge in [-0.15, -0.1) is 0 Å². The van der Waals surface area contributed by atoms with Gasteiger partial charge in [0, 0.05) is 62.5 Å². The van der Waals surface area contributed by atoms with E-state index >= 15 is 0 Å². The SMILES string of the molecule is O=C(NCCCN1CCCC1=O)c1ccc(C2CC(c3ccc(N4CCCCC4)cc3)NN2)cc1. The molecular weight excluding hydrogens is 438 g/mol. The molecule has 0 bridgehead atoms. The van der Waals surface area contributed by atoms with Crippen LogP contribution in [0, 0.1) is 0 Å². The Kier molecular flexibility index (Phi) is 7.64. The Bertz CT molecular complexity index is 1000. The zero-order valence-electron chi connectivity index (χ0n) is 20.5. The van der Waals surface area contributed by atoms with Crippen molar-refractivity contribution in [1.29, 1.82) is 0 Å². The molecule has 0 saturated carbocycles. The Morgan fingerprint density at radius 2 is 1.51 bits per heavy atom. The molecule has 7 nitrogen and oxygen atoms in total. The van der Waals surface area contributed by atoms with Crippen LogP contribution >= 0.6 is 0 Å². The first kappa shape index (κ1) is 23.8. The highest BCUT2D eigenvalue weighted by Gasteiger charge is 2.26. The molecule has 3 heterocycles. The lowest BCUT2D eigenvalue weighted by Crippen LogP contribution is -2.30. The van der Waals surface area contributed by atoms with E-state index in [0.29, 0.717) is 18.5 Å². The minimum absolute atomic E-state index is 0.0616. The zero-order chi connectivity index (χ0) is 24.0. The highest BCUT2D eigenvalue weighted by Crippen LogP contribution is 2.32. The molecule has 3 aliphatic rings. The quantitative estimate of drug-likeness (QED) is 0.508. The first-order valence-corrected chi connectivity index (χ1v) is 13.2. The number of nitrogens with one attached hydrogen (secondary N) is 3. The average molecular weight is 476 g/mol. The number of amides is 2. The molecule has 3 N–H and O–H groups in total. The van der Waals surface area contributed by atoms with Crippen molar-refractivity contribution < 1.29 is 9.59 Å². The standard InChI is InChI=1S/C28H37N5O2/c34-27-6-4-18-33(27)19-5-15-29-28(35)23-9-7-21(8-10-23)25-20-26(31-30-25)22-11-13-24(14-12-22)32-16-2-1-3-17-32/h7-14,25-26,30-31H,1-6,15-20H2,(H,29,35). The van der Waals surface area contributed by atoms with Gasteiger partial charge >= 0.3 is 0 Å². The van der Waals surface area contributed by atoms with Crippen LogP contribution in [0.1, 0.15) is 78.5 Å². The second-order valence-electron chi connectivity index (χ2n) is 9.98. The maximum absolute atomic E-state index is 12.5. The summed E-state index contributed by atoms with van der Waals surface area (Å²) in [6.45, 7) is 4.48. The van der Waals surface area contributed by atoms with Gasteiger partial charge in [-0.1, -0.05) is 24.3 Å². The van der Waals surface area contributed by atoms with E-state index in [1.807, 2.05) is 29.2 Å². The molecular formula is C28H37N5O2. The molecule has 2 aromatic carbocycles. The van der Waals surface area contributed by atoms with Crippen LogP contribution in [0.5, 0.6) is 0 Å². The molecule has 7 heteroatoms. The molecule has 2 atom stereocenters. The number of nitrogens with zero attached hydrogens (tertiary/aromatic N) is 2. The number of benzene rings is 2. The summed E-state index contributed by atoms with van der Waals surface area (Å²) in [5.74, 6) is 0.173. The normalized spacial score (nSPS) is 22.6. The number of hydrogen-bond donors (Lipinski definition) is 3.